The van der Waals surface area contributed by atoms with Gasteiger partial charge in [0.05, 0.1) is 5.38 Å². The van der Waals surface area contributed by atoms with E-state index in [1.807, 2.05) is 24.3 Å². The molecular formula is C9H8Cl2. The van der Waals surface area contributed by atoms with Gasteiger partial charge in [-0.15, -0.1) is 18.2 Å². The highest BCUT2D eigenvalue weighted by atomic mass is 35.5. The third-order valence-corrected chi connectivity index (χ3v) is 2.08. The van der Waals surface area contributed by atoms with Gasteiger partial charge in [-0.3, -0.25) is 0 Å². The summed E-state index contributed by atoms with van der Waals surface area (Å²) < 4.78 is 0. The van der Waals surface area contributed by atoms with E-state index >= 15 is 0 Å². The molecule has 1 unspecified atom stereocenters. The minimum absolute atomic E-state index is 0.118. The van der Waals surface area contributed by atoms with E-state index in [9.17, 15) is 0 Å². The Hall–Kier alpha value is -0.460. The van der Waals surface area contributed by atoms with Crippen LogP contribution in [-0.4, -0.2) is 0 Å². The molecule has 0 amide bonds. The molecule has 0 saturated heterocycles. The number of halogens is 2. The molecule has 0 spiro atoms. The lowest BCUT2D eigenvalue weighted by Gasteiger charge is -2.02. The summed E-state index contributed by atoms with van der Waals surface area (Å²) in [6.07, 6.45) is 1.69. The second kappa shape index (κ2) is 3.80. The largest absolute Gasteiger partial charge is 0.113 e. The lowest BCUT2D eigenvalue weighted by Crippen LogP contribution is -1.83. The minimum Gasteiger partial charge on any atom is -0.113 e. The van der Waals surface area contributed by atoms with E-state index in [2.05, 4.69) is 6.58 Å². The predicted octanol–water partition coefficient (Wildman–Crippen LogP) is 3.81. The Kier molecular flexibility index (Phi) is 2.98. The molecule has 0 N–H and O–H groups in total. The third-order valence-electron chi connectivity index (χ3n) is 1.40. The number of alkyl halides is 1. The first kappa shape index (κ1) is 8.63. The fourth-order valence-electron chi connectivity index (χ4n) is 0.783. The summed E-state index contributed by atoms with van der Waals surface area (Å²) in [5.41, 5.74) is 1.02. The minimum atomic E-state index is -0.118. The number of rotatable bonds is 2. The highest BCUT2D eigenvalue weighted by Crippen LogP contribution is 2.22. The van der Waals surface area contributed by atoms with Gasteiger partial charge in [-0.05, 0) is 17.7 Å². The van der Waals surface area contributed by atoms with Crippen LogP contribution in [0.1, 0.15) is 10.9 Å². The van der Waals surface area contributed by atoms with E-state index in [1.54, 1.807) is 6.08 Å². The monoisotopic (exact) mass is 186 g/mol. The average molecular weight is 187 g/mol. The third kappa shape index (κ3) is 2.25. The number of benzene rings is 1. The molecule has 0 fully saturated rings. The first-order valence-corrected chi connectivity index (χ1v) is 4.07. The number of hydrogen-bond donors (Lipinski definition) is 0. The Morgan fingerprint density at radius 1 is 1.27 bits per heavy atom. The zero-order chi connectivity index (χ0) is 8.27. The Balaban J connectivity index is 2.89. The zero-order valence-corrected chi connectivity index (χ0v) is 7.44. The maximum Gasteiger partial charge on any atom is 0.0763 e. The molecule has 0 saturated carbocycles. The van der Waals surface area contributed by atoms with Crippen LogP contribution in [0.15, 0.2) is 36.9 Å². The van der Waals surface area contributed by atoms with Crippen molar-refractivity contribution in [1.29, 1.82) is 0 Å². The van der Waals surface area contributed by atoms with Crippen LogP contribution in [0.3, 0.4) is 0 Å². The fraction of sp³-hybridized carbons (Fsp3) is 0.111. The Morgan fingerprint density at radius 3 is 2.27 bits per heavy atom. The van der Waals surface area contributed by atoms with Gasteiger partial charge in [-0.1, -0.05) is 29.8 Å². The molecule has 0 aliphatic rings. The molecule has 0 radical (unpaired) electrons. The molecule has 1 aromatic rings. The van der Waals surface area contributed by atoms with Crippen LogP contribution < -0.4 is 0 Å². The summed E-state index contributed by atoms with van der Waals surface area (Å²) in [6.45, 7) is 3.59. The molecule has 58 valence electrons. The molecule has 0 aliphatic heterocycles. The van der Waals surface area contributed by atoms with Crippen molar-refractivity contribution in [2.24, 2.45) is 0 Å². The maximum atomic E-state index is 5.88. The van der Waals surface area contributed by atoms with Gasteiger partial charge < -0.3 is 0 Å². The van der Waals surface area contributed by atoms with Gasteiger partial charge >= 0.3 is 0 Å². The van der Waals surface area contributed by atoms with Crippen LogP contribution in [-0.2, 0) is 0 Å². The van der Waals surface area contributed by atoms with E-state index in [4.69, 9.17) is 23.2 Å². The van der Waals surface area contributed by atoms with E-state index < -0.39 is 0 Å². The second-order valence-corrected chi connectivity index (χ2v) is 3.10. The molecule has 2 heteroatoms. The van der Waals surface area contributed by atoms with Crippen LogP contribution in [0.2, 0.25) is 5.02 Å². The van der Waals surface area contributed by atoms with Crippen molar-refractivity contribution in [3.63, 3.8) is 0 Å². The van der Waals surface area contributed by atoms with E-state index in [-0.39, 0.29) is 5.38 Å². The predicted molar refractivity (Wildman–Crippen MR) is 50.2 cm³/mol. The van der Waals surface area contributed by atoms with Gasteiger partial charge in [0.15, 0.2) is 0 Å². The SMILES string of the molecule is C=CC(Cl)c1ccc(Cl)cc1. The Bertz CT molecular complexity index is 238. The van der Waals surface area contributed by atoms with Crippen molar-refractivity contribution in [2.75, 3.05) is 0 Å². The molecule has 1 atom stereocenters. The quantitative estimate of drug-likeness (QED) is 0.487. The first-order chi connectivity index (χ1) is 5.24. The van der Waals surface area contributed by atoms with Gasteiger partial charge in [0.1, 0.15) is 0 Å². The van der Waals surface area contributed by atoms with E-state index in [1.165, 1.54) is 0 Å². The van der Waals surface area contributed by atoms with Crippen LogP contribution in [0.25, 0.3) is 0 Å². The standard InChI is InChI=1S/C9H8Cl2/c1-2-9(11)7-3-5-8(10)6-4-7/h2-6,9H,1H2. The summed E-state index contributed by atoms with van der Waals surface area (Å²) in [5.74, 6) is 0. The van der Waals surface area contributed by atoms with Crippen molar-refractivity contribution in [3.8, 4) is 0 Å². The van der Waals surface area contributed by atoms with Crippen LogP contribution in [0.4, 0.5) is 0 Å². The highest BCUT2D eigenvalue weighted by Gasteiger charge is 2.00. The smallest absolute Gasteiger partial charge is 0.0763 e. The van der Waals surface area contributed by atoms with Gasteiger partial charge in [0, 0.05) is 5.02 Å². The maximum absolute atomic E-state index is 5.88. The topological polar surface area (TPSA) is 0 Å². The highest BCUT2D eigenvalue weighted by molar-refractivity contribution is 6.30. The lowest BCUT2D eigenvalue weighted by molar-refractivity contribution is 1.22. The summed E-state index contributed by atoms with van der Waals surface area (Å²) in [6, 6.07) is 7.41. The summed E-state index contributed by atoms with van der Waals surface area (Å²) in [5, 5.41) is 0.606. The van der Waals surface area contributed by atoms with E-state index in [0.29, 0.717) is 0 Å². The van der Waals surface area contributed by atoms with Crippen molar-refractivity contribution in [3.05, 3.63) is 47.5 Å². The molecule has 0 heterocycles. The number of hydrogen-bond acceptors (Lipinski definition) is 0. The molecule has 1 aromatic carbocycles. The van der Waals surface area contributed by atoms with Crippen molar-refractivity contribution in [1.82, 2.24) is 0 Å². The normalized spacial score (nSPS) is 12.5. The molecule has 1 rings (SSSR count). The Morgan fingerprint density at radius 2 is 1.82 bits per heavy atom. The van der Waals surface area contributed by atoms with Crippen molar-refractivity contribution < 1.29 is 0 Å². The lowest BCUT2D eigenvalue weighted by atomic mass is 10.1. The van der Waals surface area contributed by atoms with Gasteiger partial charge in [0.2, 0.25) is 0 Å². The second-order valence-electron chi connectivity index (χ2n) is 2.19. The van der Waals surface area contributed by atoms with Gasteiger partial charge in [0.25, 0.3) is 0 Å². The van der Waals surface area contributed by atoms with Crippen LogP contribution in [0, 0.1) is 0 Å². The van der Waals surface area contributed by atoms with Crippen molar-refractivity contribution >= 4 is 23.2 Å². The van der Waals surface area contributed by atoms with Gasteiger partial charge in [-0.25, -0.2) is 0 Å². The van der Waals surface area contributed by atoms with E-state index in [0.717, 1.165) is 10.6 Å². The van der Waals surface area contributed by atoms with Crippen LogP contribution in [0.5, 0.6) is 0 Å². The summed E-state index contributed by atoms with van der Waals surface area (Å²) in [4.78, 5) is 0. The van der Waals surface area contributed by atoms with Crippen molar-refractivity contribution in [2.45, 2.75) is 5.38 Å². The molecule has 0 bridgehead atoms. The molecule has 11 heavy (non-hydrogen) atoms. The van der Waals surface area contributed by atoms with Gasteiger partial charge in [-0.2, -0.15) is 0 Å². The first-order valence-electron chi connectivity index (χ1n) is 3.26. The Labute approximate surface area is 76.4 Å². The molecule has 0 aliphatic carbocycles. The fourth-order valence-corrected chi connectivity index (χ4v) is 1.05. The molecular weight excluding hydrogens is 179 g/mol. The zero-order valence-electron chi connectivity index (χ0n) is 5.93. The summed E-state index contributed by atoms with van der Waals surface area (Å²) in [7, 11) is 0. The number of allylic oxidation sites excluding steroid dienone is 1. The molecule has 0 aromatic heterocycles. The summed E-state index contributed by atoms with van der Waals surface area (Å²) >= 11 is 11.6. The molecule has 0 nitrogen and oxygen atoms in total. The average Bonchev–Trinajstić information content (AvgIpc) is 2.05. The van der Waals surface area contributed by atoms with Crippen LogP contribution >= 0.6 is 23.2 Å².